The van der Waals surface area contributed by atoms with Crippen LogP contribution >= 0.6 is 0 Å². The Bertz CT molecular complexity index is 1210. The van der Waals surface area contributed by atoms with Gasteiger partial charge in [-0.1, -0.05) is 48.5 Å². The molecule has 3 aromatic carbocycles. The van der Waals surface area contributed by atoms with E-state index in [9.17, 15) is 4.79 Å². The number of aromatic nitrogens is 3. The van der Waals surface area contributed by atoms with Gasteiger partial charge in [-0.25, -0.2) is 0 Å². The summed E-state index contributed by atoms with van der Waals surface area (Å²) in [4.78, 5) is 14.5. The van der Waals surface area contributed by atoms with E-state index in [2.05, 4.69) is 10.2 Å². The third-order valence-electron chi connectivity index (χ3n) is 5.00. The molecule has 0 atom stereocenters. The number of para-hydroxylation sites is 1. The highest BCUT2D eigenvalue weighted by Crippen LogP contribution is 2.25. The van der Waals surface area contributed by atoms with Crippen molar-refractivity contribution >= 4 is 11.9 Å². The first-order valence-corrected chi connectivity index (χ1v) is 10.1. The van der Waals surface area contributed by atoms with Gasteiger partial charge in [-0.15, -0.1) is 5.10 Å². The average Bonchev–Trinajstić information content (AvgIpc) is 3.28. The van der Waals surface area contributed by atoms with Crippen molar-refractivity contribution in [3.8, 4) is 11.4 Å². The summed E-state index contributed by atoms with van der Waals surface area (Å²) < 4.78 is 6.01. The van der Waals surface area contributed by atoms with Gasteiger partial charge in [0.1, 0.15) is 18.1 Å². The van der Waals surface area contributed by atoms with Gasteiger partial charge in [-0.05, 0) is 67.0 Å². The number of hydrogen-bond acceptors (Lipinski definition) is 4. The van der Waals surface area contributed by atoms with Gasteiger partial charge in [0.2, 0.25) is 0 Å². The Morgan fingerprint density at radius 2 is 1.65 bits per heavy atom. The molecule has 0 amide bonds. The van der Waals surface area contributed by atoms with Crippen molar-refractivity contribution in [1.82, 2.24) is 15.0 Å². The van der Waals surface area contributed by atoms with Gasteiger partial charge in [0.25, 0.3) is 0 Å². The Kier molecular flexibility index (Phi) is 6.03. The molecular weight excluding hydrogens is 386 g/mol. The van der Waals surface area contributed by atoms with Crippen LogP contribution in [0.5, 0.6) is 5.75 Å². The van der Waals surface area contributed by atoms with Crippen LogP contribution in [0, 0.1) is 13.8 Å². The molecular formula is C26H23N3O2. The van der Waals surface area contributed by atoms with E-state index in [1.54, 1.807) is 12.3 Å². The first kappa shape index (κ1) is 20.3. The van der Waals surface area contributed by atoms with Crippen molar-refractivity contribution in [2.75, 3.05) is 0 Å². The summed E-state index contributed by atoms with van der Waals surface area (Å²) in [5.41, 5.74) is 5.16. The number of ketones is 1. The Morgan fingerprint density at radius 3 is 2.39 bits per heavy atom. The van der Waals surface area contributed by atoms with Gasteiger partial charge in [-0.2, -0.15) is 9.90 Å². The zero-order chi connectivity index (χ0) is 21.6. The lowest BCUT2D eigenvalue weighted by Gasteiger charge is -2.13. The summed E-state index contributed by atoms with van der Waals surface area (Å²) in [6, 6.07) is 23.3. The molecule has 0 radical (unpaired) electrons. The summed E-state index contributed by atoms with van der Waals surface area (Å²) in [6.45, 7) is 4.40. The largest absolute Gasteiger partial charge is 0.488 e. The number of allylic oxidation sites excluding steroid dienone is 1. The number of carbonyl (C=O) groups excluding carboxylic acids is 1. The number of rotatable bonds is 7. The highest BCUT2D eigenvalue weighted by molar-refractivity contribution is 6.08. The molecule has 0 N–H and O–H groups in total. The fraction of sp³-hybridized carbons (Fsp3) is 0.115. The van der Waals surface area contributed by atoms with Crippen LogP contribution in [0.4, 0.5) is 0 Å². The van der Waals surface area contributed by atoms with Crippen LogP contribution in [0.25, 0.3) is 11.8 Å². The van der Waals surface area contributed by atoms with Crippen molar-refractivity contribution in [2.24, 2.45) is 0 Å². The van der Waals surface area contributed by atoms with Crippen LogP contribution in [0.2, 0.25) is 0 Å². The molecule has 1 aromatic heterocycles. The minimum atomic E-state index is -0.138. The van der Waals surface area contributed by atoms with Gasteiger partial charge < -0.3 is 4.74 Å². The van der Waals surface area contributed by atoms with Crippen molar-refractivity contribution in [3.63, 3.8) is 0 Å². The maximum atomic E-state index is 13.0. The zero-order valence-electron chi connectivity index (χ0n) is 17.5. The summed E-state index contributed by atoms with van der Waals surface area (Å²) in [7, 11) is 0. The molecule has 5 heteroatoms. The summed E-state index contributed by atoms with van der Waals surface area (Å²) in [5.74, 6) is 0.440. The fourth-order valence-corrected chi connectivity index (χ4v) is 3.12. The van der Waals surface area contributed by atoms with E-state index in [4.69, 9.17) is 4.74 Å². The third kappa shape index (κ3) is 4.95. The van der Waals surface area contributed by atoms with E-state index in [1.807, 2.05) is 86.6 Å². The first-order chi connectivity index (χ1) is 15.1. The van der Waals surface area contributed by atoms with Gasteiger partial charge in [0.05, 0.1) is 17.4 Å². The number of aryl methyl sites for hydroxylation is 2. The minimum Gasteiger partial charge on any atom is -0.488 e. The maximum absolute atomic E-state index is 13.0. The lowest BCUT2D eigenvalue weighted by Crippen LogP contribution is -2.04. The molecule has 0 saturated carbocycles. The van der Waals surface area contributed by atoms with E-state index >= 15 is 0 Å². The number of nitrogens with zero attached hydrogens (tertiary/aromatic N) is 3. The van der Waals surface area contributed by atoms with Crippen LogP contribution in [0.15, 0.2) is 85.1 Å². The summed E-state index contributed by atoms with van der Waals surface area (Å²) in [5, 5.41) is 8.67. The van der Waals surface area contributed by atoms with Gasteiger partial charge >= 0.3 is 0 Å². The Hall–Kier alpha value is -3.99. The van der Waals surface area contributed by atoms with Crippen LogP contribution in [-0.2, 0) is 6.61 Å². The summed E-state index contributed by atoms with van der Waals surface area (Å²) in [6.07, 6.45) is 4.81. The van der Waals surface area contributed by atoms with Crippen molar-refractivity contribution < 1.29 is 9.53 Å². The van der Waals surface area contributed by atoms with Gasteiger partial charge in [-0.3, -0.25) is 4.79 Å². The Balaban J connectivity index is 1.53. The van der Waals surface area contributed by atoms with Crippen molar-refractivity contribution in [1.29, 1.82) is 0 Å². The quantitative estimate of drug-likeness (QED) is 0.305. The topological polar surface area (TPSA) is 57.0 Å². The predicted octanol–water partition coefficient (Wildman–Crippen LogP) is 5.36. The lowest BCUT2D eigenvalue weighted by molar-refractivity contribution is 0.104. The smallest absolute Gasteiger partial charge is 0.189 e. The lowest BCUT2D eigenvalue weighted by atomic mass is 10.0. The van der Waals surface area contributed by atoms with Crippen molar-refractivity contribution in [3.05, 3.63) is 113 Å². The van der Waals surface area contributed by atoms with Crippen molar-refractivity contribution in [2.45, 2.75) is 20.5 Å². The number of ether oxygens (including phenoxy) is 1. The normalized spacial score (nSPS) is 11.0. The summed E-state index contributed by atoms with van der Waals surface area (Å²) >= 11 is 0. The SMILES string of the molecule is Cc1cc(OCc2ccccc2)c(C(=O)C=Cc2cnn(-c3ccccc3)n2)cc1C. The van der Waals surface area contributed by atoms with Crippen LogP contribution in [0.3, 0.4) is 0 Å². The number of benzene rings is 3. The predicted molar refractivity (Wildman–Crippen MR) is 121 cm³/mol. The highest BCUT2D eigenvalue weighted by Gasteiger charge is 2.13. The maximum Gasteiger partial charge on any atom is 0.189 e. The molecule has 0 fully saturated rings. The van der Waals surface area contributed by atoms with E-state index < -0.39 is 0 Å². The molecule has 0 spiro atoms. The number of hydrogen-bond donors (Lipinski definition) is 0. The molecule has 0 aliphatic heterocycles. The number of carbonyl (C=O) groups is 1. The van der Waals surface area contributed by atoms with E-state index in [-0.39, 0.29) is 5.78 Å². The molecule has 154 valence electrons. The Labute approximate surface area is 181 Å². The molecule has 0 saturated heterocycles. The average molecular weight is 409 g/mol. The standard InChI is InChI=1S/C26H23N3O2/c1-19-15-24(26(16-20(19)2)31-18-21-9-5-3-6-10-21)25(30)14-13-22-17-27-29(28-22)23-11-7-4-8-12-23/h3-17H,18H2,1-2H3. The van der Waals surface area contributed by atoms with E-state index in [0.29, 0.717) is 23.6 Å². The second kappa shape index (κ2) is 9.22. The second-order valence-corrected chi connectivity index (χ2v) is 7.30. The Morgan fingerprint density at radius 1 is 0.968 bits per heavy atom. The second-order valence-electron chi connectivity index (χ2n) is 7.30. The van der Waals surface area contributed by atoms with Gasteiger partial charge in [0.15, 0.2) is 5.78 Å². The van der Waals surface area contributed by atoms with Crippen LogP contribution in [-0.4, -0.2) is 20.8 Å². The third-order valence-corrected chi connectivity index (χ3v) is 5.00. The zero-order valence-corrected chi connectivity index (χ0v) is 17.5. The molecule has 4 aromatic rings. The minimum absolute atomic E-state index is 0.138. The van der Waals surface area contributed by atoms with E-state index in [0.717, 1.165) is 22.4 Å². The molecule has 0 unspecified atom stereocenters. The monoisotopic (exact) mass is 409 g/mol. The van der Waals surface area contributed by atoms with Gasteiger partial charge in [0, 0.05) is 0 Å². The van der Waals surface area contributed by atoms with Crippen LogP contribution in [0.1, 0.15) is 32.7 Å². The highest BCUT2D eigenvalue weighted by atomic mass is 16.5. The molecule has 0 aliphatic rings. The fourth-order valence-electron chi connectivity index (χ4n) is 3.12. The molecule has 1 heterocycles. The molecule has 31 heavy (non-hydrogen) atoms. The molecule has 4 rings (SSSR count). The van der Waals surface area contributed by atoms with Crippen LogP contribution < -0.4 is 4.74 Å². The molecule has 0 aliphatic carbocycles. The first-order valence-electron chi connectivity index (χ1n) is 10.1. The van der Waals surface area contributed by atoms with E-state index in [1.165, 1.54) is 10.9 Å². The molecule has 0 bridgehead atoms. The molecule has 5 nitrogen and oxygen atoms in total.